The molecule has 0 spiro atoms. The number of anilines is 1. The Balaban J connectivity index is 2.03. The second kappa shape index (κ2) is 5.38. The zero-order valence-corrected chi connectivity index (χ0v) is 12.1. The number of nitrogens with one attached hydrogen (secondary N) is 1. The lowest BCUT2D eigenvalue weighted by Gasteiger charge is -2.08. The number of halogens is 3. The maximum Gasteiger partial charge on any atom is 0.258 e. The Kier molecular flexibility index (Phi) is 3.51. The van der Waals surface area contributed by atoms with Crippen LogP contribution in [0.3, 0.4) is 0 Å². The molecule has 2 aromatic heterocycles. The van der Waals surface area contributed by atoms with E-state index in [0.717, 1.165) is 0 Å². The molecule has 0 atom stereocenters. The Morgan fingerprint density at radius 3 is 2.43 bits per heavy atom. The van der Waals surface area contributed by atoms with Crippen molar-refractivity contribution in [1.29, 1.82) is 0 Å². The molecule has 23 heavy (non-hydrogen) atoms. The molecule has 0 aliphatic rings. The van der Waals surface area contributed by atoms with E-state index < -0.39 is 23.4 Å². The summed E-state index contributed by atoms with van der Waals surface area (Å²) in [6.07, 6.45) is 0. The van der Waals surface area contributed by atoms with Gasteiger partial charge in [0.1, 0.15) is 0 Å². The topological polar surface area (TPSA) is 68.0 Å². The number of aryl methyl sites for hydroxylation is 2. The predicted molar refractivity (Wildman–Crippen MR) is 75.5 cm³/mol. The summed E-state index contributed by atoms with van der Waals surface area (Å²) in [4.78, 5) is 16.5. The van der Waals surface area contributed by atoms with Crippen LogP contribution in [0.2, 0.25) is 0 Å². The minimum Gasteiger partial charge on any atom is -0.336 e. The van der Waals surface area contributed by atoms with E-state index in [1.54, 1.807) is 13.8 Å². The standard InChI is InChI=1S/C15H10F3N3O2/c1-6-3-9(12-7(2)21-23-15(12)19-6)14(22)20-8-4-10(16)13(18)11(17)5-8/h3-5H,1-2H3,(H,20,22). The van der Waals surface area contributed by atoms with E-state index in [4.69, 9.17) is 4.52 Å². The van der Waals surface area contributed by atoms with E-state index >= 15 is 0 Å². The highest BCUT2D eigenvalue weighted by atomic mass is 19.2. The van der Waals surface area contributed by atoms with Crippen LogP contribution >= 0.6 is 0 Å². The second-order valence-corrected chi connectivity index (χ2v) is 4.97. The van der Waals surface area contributed by atoms with Gasteiger partial charge in [-0.1, -0.05) is 5.16 Å². The molecule has 1 N–H and O–H groups in total. The highest BCUT2D eigenvalue weighted by molar-refractivity contribution is 6.12. The number of nitrogens with zero attached hydrogens (tertiary/aromatic N) is 2. The molecule has 5 nitrogen and oxygen atoms in total. The number of amides is 1. The Labute approximate surface area is 128 Å². The van der Waals surface area contributed by atoms with E-state index in [9.17, 15) is 18.0 Å². The van der Waals surface area contributed by atoms with Crippen LogP contribution in [0.5, 0.6) is 0 Å². The quantitative estimate of drug-likeness (QED) is 0.733. The summed E-state index contributed by atoms with van der Waals surface area (Å²) in [5.41, 5.74) is 1.13. The number of aromatic nitrogens is 2. The van der Waals surface area contributed by atoms with Gasteiger partial charge in [0.15, 0.2) is 17.5 Å². The number of pyridine rings is 1. The lowest BCUT2D eigenvalue weighted by molar-refractivity contribution is 0.102. The molecule has 3 aromatic rings. The maximum absolute atomic E-state index is 13.2. The van der Waals surface area contributed by atoms with E-state index in [-0.39, 0.29) is 17.0 Å². The van der Waals surface area contributed by atoms with Crippen molar-refractivity contribution in [3.05, 3.63) is 52.6 Å². The summed E-state index contributed by atoms with van der Waals surface area (Å²) in [7, 11) is 0. The van der Waals surface area contributed by atoms with Gasteiger partial charge in [-0.2, -0.15) is 0 Å². The van der Waals surface area contributed by atoms with Crippen LogP contribution in [0, 0.1) is 31.3 Å². The fourth-order valence-electron chi connectivity index (χ4n) is 2.22. The van der Waals surface area contributed by atoms with Crippen molar-refractivity contribution >= 4 is 22.7 Å². The van der Waals surface area contributed by atoms with Gasteiger partial charge in [0.25, 0.3) is 11.6 Å². The van der Waals surface area contributed by atoms with Gasteiger partial charge in [0, 0.05) is 23.5 Å². The normalized spacial score (nSPS) is 11.0. The van der Waals surface area contributed by atoms with Gasteiger partial charge < -0.3 is 9.84 Å². The summed E-state index contributed by atoms with van der Waals surface area (Å²) < 4.78 is 44.4. The smallest absolute Gasteiger partial charge is 0.258 e. The summed E-state index contributed by atoms with van der Waals surface area (Å²) in [6, 6.07) is 2.89. The van der Waals surface area contributed by atoms with Crippen LogP contribution in [-0.2, 0) is 0 Å². The molecular formula is C15H10F3N3O2. The lowest BCUT2D eigenvalue weighted by atomic mass is 10.1. The first-order valence-corrected chi connectivity index (χ1v) is 6.56. The minimum absolute atomic E-state index is 0.184. The Bertz CT molecular complexity index is 914. The first-order chi connectivity index (χ1) is 10.9. The first-order valence-electron chi connectivity index (χ1n) is 6.56. The molecule has 0 saturated carbocycles. The molecule has 0 radical (unpaired) electrons. The number of hydrogen-bond donors (Lipinski definition) is 1. The van der Waals surface area contributed by atoms with Crippen LogP contribution < -0.4 is 5.32 Å². The van der Waals surface area contributed by atoms with Crippen molar-refractivity contribution in [3.8, 4) is 0 Å². The number of benzene rings is 1. The van der Waals surface area contributed by atoms with E-state index in [2.05, 4.69) is 15.5 Å². The highest BCUT2D eigenvalue weighted by Crippen LogP contribution is 2.24. The molecule has 0 unspecified atom stereocenters. The van der Waals surface area contributed by atoms with Crippen LogP contribution in [0.4, 0.5) is 18.9 Å². The van der Waals surface area contributed by atoms with Crippen molar-refractivity contribution < 1.29 is 22.5 Å². The Morgan fingerprint density at radius 1 is 1.13 bits per heavy atom. The molecule has 0 aliphatic heterocycles. The zero-order valence-electron chi connectivity index (χ0n) is 12.1. The molecule has 8 heteroatoms. The minimum atomic E-state index is -1.60. The number of carbonyl (C=O) groups excluding carboxylic acids is 1. The predicted octanol–water partition coefficient (Wildman–Crippen LogP) is 3.51. The molecule has 0 saturated heterocycles. The third-order valence-electron chi connectivity index (χ3n) is 3.23. The maximum atomic E-state index is 13.2. The molecule has 118 valence electrons. The van der Waals surface area contributed by atoms with Crippen molar-refractivity contribution in [1.82, 2.24) is 10.1 Å². The van der Waals surface area contributed by atoms with Crippen molar-refractivity contribution in [2.75, 3.05) is 5.32 Å². The van der Waals surface area contributed by atoms with Gasteiger partial charge in [0.2, 0.25) is 0 Å². The van der Waals surface area contributed by atoms with E-state index in [0.29, 0.717) is 28.9 Å². The number of rotatable bonds is 2. The van der Waals surface area contributed by atoms with Gasteiger partial charge in [0.05, 0.1) is 16.6 Å². The summed E-state index contributed by atoms with van der Waals surface area (Å²) in [5.74, 6) is -5.02. The van der Waals surface area contributed by atoms with Gasteiger partial charge in [-0.3, -0.25) is 4.79 Å². The van der Waals surface area contributed by atoms with E-state index in [1.807, 2.05) is 0 Å². The third-order valence-corrected chi connectivity index (χ3v) is 3.23. The number of hydrogen-bond acceptors (Lipinski definition) is 4. The van der Waals surface area contributed by atoms with Crippen LogP contribution in [0.1, 0.15) is 21.7 Å². The fraction of sp³-hybridized carbons (Fsp3) is 0.133. The van der Waals surface area contributed by atoms with Gasteiger partial charge in [-0.15, -0.1) is 0 Å². The largest absolute Gasteiger partial charge is 0.336 e. The van der Waals surface area contributed by atoms with Gasteiger partial charge >= 0.3 is 0 Å². The van der Waals surface area contributed by atoms with Crippen molar-refractivity contribution in [2.24, 2.45) is 0 Å². The number of fused-ring (bicyclic) bond motifs is 1. The monoisotopic (exact) mass is 321 g/mol. The van der Waals surface area contributed by atoms with Gasteiger partial charge in [-0.05, 0) is 19.9 Å². The van der Waals surface area contributed by atoms with Crippen molar-refractivity contribution in [2.45, 2.75) is 13.8 Å². The zero-order chi connectivity index (χ0) is 16.7. The molecule has 0 fully saturated rings. The second-order valence-electron chi connectivity index (χ2n) is 4.97. The van der Waals surface area contributed by atoms with Crippen molar-refractivity contribution in [3.63, 3.8) is 0 Å². The Morgan fingerprint density at radius 2 is 1.78 bits per heavy atom. The molecule has 0 bridgehead atoms. The van der Waals surface area contributed by atoms with E-state index in [1.165, 1.54) is 6.07 Å². The van der Waals surface area contributed by atoms with Crippen LogP contribution in [0.15, 0.2) is 22.7 Å². The lowest BCUT2D eigenvalue weighted by Crippen LogP contribution is -2.14. The molecule has 1 amide bonds. The summed E-state index contributed by atoms with van der Waals surface area (Å²) in [5, 5.41) is 6.46. The van der Waals surface area contributed by atoms with Crippen LogP contribution in [0.25, 0.3) is 11.1 Å². The molecule has 3 rings (SSSR count). The SMILES string of the molecule is Cc1cc(C(=O)Nc2cc(F)c(F)c(F)c2)c2c(C)noc2n1. The van der Waals surface area contributed by atoms with Gasteiger partial charge in [-0.25, -0.2) is 18.2 Å². The first kappa shape index (κ1) is 15.0. The third kappa shape index (κ3) is 2.63. The molecular weight excluding hydrogens is 311 g/mol. The summed E-state index contributed by atoms with van der Waals surface area (Å²) >= 11 is 0. The molecule has 0 aliphatic carbocycles. The molecule has 1 aromatic carbocycles. The number of carbonyl (C=O) groups is 1. The highest BCUT2D eigenvalue weighted by Gasteiger charge is 2.19. The van der Waals surface area contributed by atoms with Crippen LogP contribution in [-0.4, -0.2) is 16.0 Å². The average molecular weight is 321 g/mol. The average Bonchev–Trinajstić information content (AvgIpc) is 2.85. The summed E-state index contributed by atoms with van der Waals surface area (Å²) in [6.45, 7) is 3.29. The Hall–Kier alpha value is -2.90. The fourth-order valence-corrected chi connectivity index (χ4v) is 2.22. The molecule has 2 heterocycles.